The van der Waals surface area contributed by atoms with Gasteiger partial charge in [-0.1, -0.05) is 6.42 Å². The van der Waals surface area contributed by atoms with Crippen LogP contribution in [0.25, 0.3) is 0 Å². The highest BCUT2D eigenvalue weighted by Crippen LogP contribution is 2.24. The fourth-order valence-corrected chi connectivity index (χ4v) is 2.03. The van der Waals surface area contributed by atoms with Crippen LogP contribution in [-0.4, -0.2) is 37.2 Å². The van der Waals surface area contributed by atoms with Crippen molar-refractivity contribution in [2.75, 3.05) is 6.61 Å². The van der Waals surface area contributed by atoms with Crippen molar-refractivity contribution < 1.29 is 28.5 Å². The predicted octanol–water partition coefficient (Wildman–Crippen LogP) is 2.99. The Morgan fingerprint density at radius 2 is 1.55 bits per heavy atom. The lowest BCUT2D eigenvalue weighted by Crippen LogP contribution is -2.26. The van der Waals surface area contributed by atoms with E-state index >= 15 is 0 Å². The molecular weight excluding hydrogens is 264 g/mol. The van der Waals surface area contributed by atoms with Gasteiger partial charge >= 0.3 is 12.3 Å². The Morgan fingerprint density at radius 3 is 2.20 bits per heavy atom. The molecule has 20 heavy (non-hydrogen) atoms. The Kier molecular flexibility index (Phi) is 5.49. The molecule has 6 heteroatoms. The van der Waals surface area contributed by atoms with E-state index in [1.54, 1.807) is 0 Å². The summed E-state index contributed by atoms with van der Waals surface area (Å²) in [6, 6.07) is 0. The smallest absolute Gasteiger partial charge is 0.431 e. The molecule has 0 aromatic carbocycles. The van der Waals surface area contributed by atoms with Crippen molar-refractivity contribution >= 4 is 12.3 Å². The first-order valence-electron chi connectivity index (χ1n) is 7.17. The summed E-state index contributed by atoms with van der Waals surface area (Å²) in [6.45, 7) is 3.44. The second-order valence-corrected chi connectivity index (χ2v) is 5.25. The highest BCUT2D eigenvalue weighted by atomic mass is 16.8. The molecule has 0 aromatic heterocycles. The van der Waals surface area contributed by atoms with Crippen LogP contribution in [0.5, 0.6) is 0 Å². The zero-order valence-electron chi connectivity index (χ0n) is 11.5. The average Bonchev–Trinajstić information content (AvgIpc) is 3.21. The van der Waals surface area contributed by atoms with Crippen LogP contribution in [-0.2, 0) is 18.9 Å². The molecule has 0 N–H and O–H groups in total. The number of carbonyl (C=O) groups excluding carboxylic acids is 2. The van der Waals surface area contributed by atoms with E-state index in [0.717, 1.165) is 38.5 Å². The Morgan fingerprint density at radius 1 is 0.950 bits per heavy atom. The van der Waals surface area contributed by atoms with Crippen LogP contribution in [0, 0.1) is 6.92 Å². The monoisotopic (exact) mass is 285 g/mol. The molecule has 0 bridgehead atoms. The molecule has 113 valence electrons. The second kappa shape index (κ2) is 7.36. The summed E-state index contributed by atoms with van der Waals surface area (Å²) >= 11 is 0. The standard InChI is InChI=1S/C14H21O6/c1-10(18-14(16)20-12-7-8-12)9-17-13(15)19-11-5-3-2-4-6-11/h10-12H,1-9H2. The molecule has 2 saturated carbocycles. The molecule has 2 aliphatic carbocycles. The predicted molar refractivity (Wildman–Crippen MR) is 69.0 cm³/mol. The van der Waals surface area contributed by atoms with E-state index in [4.69, 9.17) is 18.9 Å². The Hall–Kier alpha value is -1.46. The molecule has 0 saturated heterocycles. The first-order chi connectivity index (χ1) is 9.63. The molecule has 2 rings (SSSR count). The normalized spacial score (nSPS) is 20.9. The maximum atomic E-state index is 11.4. The third-order valence-corrected chi connectivity index (χ3v) is 3.25. The van der Waals surface area contributed by atoms with Crippen LogP contribution in [0.15, 0.2) is 0 Å². The Balaban J connectivity index is 1.55. The highest BCUT2D eigenvalue weighted by molar-refractivity contribution is 5.61. The van der Waals surface area contributed by atoms with Crippen molar-refractivity contribution in [3.8, 4) is 0 Å². The van der Waals surface area contributed by atoms with Crippen LogP contribution >= 0.6 is 0 Å². The highest BCUT2D eigenvalue weighted by Gasteiger charge is 2.27. The van der Waals surface area contributed by atoms with Gasteiger partial charge in [-0.25, -0.2) is 9.59 Å². The van der Waals surface area contributed by atoms with Gasteiger partial charge in [0.2, 0.25) is 0 Å². The summed E-state index contributed by atoms with van der Waals surface area (Å²) in [5.41, 5.74) is 0. The molecule has 1 unspecified atom stereocenters. The number of rotatable bonds is 5. The van der Waals surface area contributed by atoms with Gasteiger partial charge in [-0.2, -0.15) is 0 Å². The SMILES string of the molecule is [CH2]C(COC(=O)OC1CCCCC1)OC(=O)OC1CC1. The van der Waals surface area contributed by atoms with Crippen LogP contribution < -0.4 is 0 Å². The lowest BCUT2D eigenvalue weighted by atomic mass is 9.98. The minimum atomic E-state index is -0.792. The van der Waals surface area contributed by atoms with E-state index in [1.807, 2.05) is 0 Å². The van der Waals surface area contributed by atoms with Crippen molar-refractivity contribution in [1.82, 2.24) is 0 Å². The fourth-order valence-electron chi connectivity index (χ4n) is 2.03. The minimum Gasteiger partial charge on any atom is -0.431 e. The zero-order chi connectivity index (χ0) is 14.4. The van der Waals surface area contributed by atoms with Gasteiger partial charge in [-0.15, -0.1) is 0 Å². The number of carbonyl (C=O) groups is 2. The first-order valence-corrected chi connectivity index (χ1v) is 7.17. The molecule has 1 radical (unpaired) electrons. The van der Waals surface area contributed by atoms with E-state index in [9.17, 15) is 9.59 Å². The quantitative estimate of drug-likeness (QED) is 0.723. The van der Waals surface area contributed by atoms with Crippen molar-refractivity contribution in [2.45, 2.75) is 63.3 Å². The van der Waals surface area contributed by atoms with E-state index in [2.05, 4.69) is 6.92 Å². The van der Waals surface area contributed by atoms with E-state index in [-0.39, 0.29) is 18.8 Å². The molecule has 2 fully saturated rings. The van der Waals surface area contributed by atoms with Gasteiger partial charge in [0.05, 0.1) is 0 Å². The third-order valence-electron chi connectivity index (χ3n) is 3.25. The molecule has 6 nitrogen and oxygen atoms in total. The lowest BCUT2D eigenvalue weighted by molar-refractivity contribution is -0.0207. The maximum absolute atomic E-state index is 11.4. The van der Waals surface area contributed by atoms with Gasteiger partial charge in [0.15, 0.2) is 0 Å². The molecule has 2 aliphatic rings. The van der Waals surface area contributed by atoms with Crippen LogP contribution in [0.2, 0.25) is 0 Å². The fraction of sp³-hybridized carbons (Fsp3) is 0.786. The van der Waals surface area contributed by atoms with E-state index < -0.39 is 18.4 Å². The number of ether oxygens (including phenoxy) is 4. The Labute approximate surface area is 118 Å². The molecule has 0 aliphatic heterocycles. The molecule has 1 atom stereocenters. The number of hydrogen-bond donors (Lipinski definition) is 0. The molecule has 0 amide bonds. The largest absolute Gasteiger partial charge is 0.508 e. The van der Waals surface area contributed by atoms with E-state index in [1.165, 1.54) is 6.42 Å². The van der Waals surface area contributed by atoms with Gasteiger partial charge in [-0.05, 0) is 45.4 Å². The third kappa shape index (κ3) is 5.67. The topological polar surface area (TPSA) is 71.1 Å². The van der Waals surface area contributed by atoms with Gasteiger partial charge in [0.1, 0.15) is 24.9 Å². The summed E-state index contributed by atoms with van der Waals surface area (Å²) < 4.78 is 19.8. The van der Waals surface area contributed by atoms with Gasteiger partial charge < -0.3 is 18.9 Å². The van der Waals surface area contributed by atoms with Crippen LogP contribution in [0.4, 0.5) is 9.59 Å². The summed E-state index contributed by atoms with van der Waals surface area (Å²) in [7, 11) is 0. The zero-order valence-corrected chi connectivity index (χ0v) is 11.5. The Bertz CT molecular complexity index is 333. The van der Waals surface area contributed by atoms with Gasteiger partial charge in [-0.3, -0.25) is 0 Å². The summed E-state index contributed by atoms with van der Waals surface area (Å²) in [5, 5.41) is 0. The summed E-state index contributed by atoms with van der Waals surface area (Å²) in [4.78, 5) is 22.7. The van der Waals surface area contributed by atoms with Crippen molar-refractivity contribution in [1.29, 1.82) is 0 Å². The van der Waals surface area contributed by atoms with Crippen LogP contribution in [0.1, 0.15) is 44.9 Å². The van der Waals surface area contributed by atoms with Crippen molar-refractivity contribution in [3.05, 3.63) is 6.92 Å². The number of hydrogen-bond acceptors (Lipinski definition) is 6. The van der Waals surface area contributed by atoms with Crippen molar-refractivity contribution in [3.63, 3.8) is 0 Å². The van der Waals surface area contributed by atoms with Crippen molar-refractivity contribution in [2.24, 2.45) is 0 Å². The summed E-state index contributed by atoms with van der Waals surface area (Å²) in [6.07, 6.45) is 4.49. The molecular formula is C14H21O6. The second-order valence-electron chi connectivity index (χ2n) is 5.25. The first kappa shape index (κ1) is 14.9. The maximum Gasteiger partial charge on any atom is 0.508 e. The van der Waals surface area contributed by atoms with E-state index in [0.29, 0.717) is 0 Å². The minimum absolute atomic E-state index is 0.0214. The van der Waals surface area contributed by atoms with Gasteiger partial charge in [0.25, 0.3) is 0 Å². The summed E-state index contributed by atoms with van der Waals surface area (Å²) in [5.74, 6) is 0. The molecule has 0 spiro atoms. The molecule has 0 heterocycles. The lowest BCUT2D eigenvalue weighted by Gasteiger charge is -2.21. The van der Waals surface area contributed by atoms with Gasteiger partial charge in [0, 0.05) is 0 Å². The molecule has 0 aromatic rings. The average molecular weight is 285 g/mol. The van der Waals surface area contributed by atoms with Crippen LogP contribution in [0.3, 0.4) is 0 Å².